The van der Waals surface area contributed by atoms with E-state index in [2.05, 4.69) is 15.5 Å². The first-order valence-corrected chi connectivity index (χ1v) is 8.95. The number of aromatic nitrogens is 2. The summed E-state index contributed by atoms with van der Waals surface area (Å²) < 4.78 is 4.89. The summed E-state index contributed by atoms with van der Waals surface area (Å²) in [6.45, 7) is 1.48. The Bertz CT molecular complexity index is 727. The maximum absolute atomic E-state index is 12.3. The molecule has 1 aromatic heterocycles. The molecule has 1 aromatic carbocycles. The van der Waals surface area contributed by atoms with E-state index in [1.807, 2.05) is 35.2 Å². The van der Waals surface area contributed by atoms with Crippen LogP contribution in [0.15, 0.2) is 30.3 Å². The van der Waals surface area contributed by atoms with Crippen molar-refractivity contribution in [3.05, 3.63) is 40.3 Å². The van der Waals surface area contributed by atoms with Gasteiger partial charge in [0.2, 0.25) is 10.9 Å². The Kier molecular flexibility index (Phi) is 5.72. The molecule has 0 spiro atoms. The Hall–Kier alpha value is -2.32. The predicted molar refractivity (Wildman–Crippen MR) is 94.7 cm³/mol. The van der Waals surface area contributed by atoms with Gasteiger partial charge in [0, 0.05) is 31.8 Å². The van der Waals surface area contributed by atoms with Crippen molar-refractivity contribution in [3.8, 4) is 0 Å². The van der Waals surface area contributed by atoms with Gasteiger partial charge < -0.3 is 15.0 Å². The Morgan fingerprint density at radius 2 is 1.96 bits per heavy atom. The van der Waals surface area contributed by atoms with Gasteiger partial charge in [-0.15, -0.1) is 10.2 Å². The Labute approximate surface area is 150 Å². The smallest absolute Gasteiger partial charge is 0.286 e. The highest BCUT2D eigenvalue weighted by Crippen LogP contribution is 2.30. The quantitative estimate of drug-likeness (QED) is 0.883. The van der Waals surface area contributed by atoms with E-state index in [9.17, 15) is 9.59 Å². The summed E-state index contributed by atoms with van der Waals surface area (Å²) >= 11 is 1.32. The van der Waals surface area contributed by atoms with Crippen LogP contribution in [0.3, 0.4) is 0 Å². The van der Waals surface area contributed by atoms with Crippen LogP contribution in [0.4, 0.5) is 5.69 Å². The molecule has 0 radical (unpaired) electrons. The van der Waals surface area contributed by atoms with Gasteiger partial charge >= 0.3 is 0 Å². The Balaban J connectivity index is 1.57. The van der Waals surface area contributed by atoms with Crippen LogP contribution in [0, 0.1) is 0 Å². The molecular weight excluding hydrogens is 340 g/mol. The molecule has 2 amide bonds. The van der Waals surface area contributed by atoms with Gasteiger partial charge in [-0.05, 0) is 25.0 Å². The van der Waals surface area contributed by atoms with Crippen molar-refractivity contribution < 1.29 is 14.3 Å². The molecule has 3 rings (SSSR count). The monoisotopic (exact) mass is 360 g/mol. The lowest BCUT2D eigenvalue weighted by molar-refractivity contribution is -0.136. The van der Waals surface area contributed by atoms with E-state index in [1.54, 1.807) is 0 Å². The highest BCUT2D eigenvalue weighted by atomic mass is 32.1. The summed E-state index contributed by atoms with van der Waals surface area (Å²) in [6.07, 6.45) is 1.65. The number of rotatable bonds is 5. The molecule has 0 aliphatic carbocycles. The lowest BCUT2D eigenvalue weighted by Crippen LogP contribution is -2.39. The molecule has 25 heavy (non-hydrogen) atoms. The zero-order valence-corrected chi connectivity index (χ0v) is 14.8. The summed E-state index contributed by atoms with van der Waals surface area (Å²) in [5.41, 5.74) is 0.731. The van der Waals surface area contributed by atoms with E-state index in [0.29, 0.717) is 18.1 Å². The highest BCUT2D eigenvalue weighted by Gasteiger charge is 2.26. The molecule has 1 saturated heterocycles. The number of para-hydroxylation sites is 1. The summed E-state index contributed by atoms with van der Waals surface area (Å²) in [5.74, 6) is 0.00571. The molecule has 8 heteroatoms. The van der Waals surface area contributed by atoms with Crippen LogP contribution in [0.5, 0.6) is 0 Å². The molecule has 2 heterocycles. The van der Waals surface area contributed by atoms with Gasteiger partial charge in [-0.2, -0.15) is 0 Å². The van der Waals surface area contributed by atoms with Gasteiger partial charge in [0.05, 0.1) is 0 Å². The fourth-order valence-corrected chi connectivity index (χ4v) is 3.70. The second-order valence-electron chi connectivity index (χ2n) is 5.85. The maximum Gasteiger partial charge on any atom is 0.286 e. The number of nitrogens with one attached hydrogen (secondary N) is 1. The Morgan fingerprint density at radius 1 is 1.24 bits per heavy atom. The van der Waals surface area contributed by atoms with E-state index in [4.69, 9.17) is 4.74 Å². The fourth-order valence-electron chi connectivity index (χ4n) is 2.79. The second-order valence-corrected chi connectivity index (χ2v) is 6.86. The van der Waals surface area contributed by atoms with Gasteiger partial charge in [0.1, 0.15) is 11.6 Å². The second kappa shape index (κ2) is 8.17. The number of carbonyl (C=O) groups is 2. The zero-order chi connectivity index (χ0) is 17.6. The molecule has 1 aliphatic rings. The van der Waals surface area contributed by atoms with Crippen LogP contribution < -0.4 is 5.32 Å². The van der Waals surface area contributed by atoms with Crippen LogP contribution in [-0.4, -0.2) is 53.7 Å². The van der Waals surface area contributed by atoms with Crippen molar-refractivity contribution in [1.29, 1.82) is 0 Å². The van der Waals surface area contributed by atoms with E-state index < -0.39 is 0 Å². The number of hydrogen-bond acceptors (Lipinski definition) is 6. The Morgan fingerprint density at radius 3 is 2.64 bits per heavy atom. The van der Waals surface area contributed by atoms with Crippen molar-refractivity contribution >= 4 is 28.8 Å². The summed E-state index contributed by atoms with van der Waals surface area (Å²) in [6, 6.07) is 9.27. The number of methoxy groups -OCH3 is 1. The van der Waals surface area contributed by atoms with Crippen LogP contribution in [0.1, 0.15) is 33.6 Å². The first-order valence-electron chi connectivity index (χ1n) is 8.14. The average molecular weight is 360 g/mol. The predicted octanol–water partition coefficient (Wildman–Crippen LogP) is 2.14. The van der Waals surface area contributed by atoms with Crippen LogP contribution in [-0.2, 0) is 9.53 Å². The largest absolute Gasteiger partial charge is 0.375 e. The molecule has 1 N–H and O–H groups in total. The van der Waals surface area contributed by atoms with E-state index in [1.165, 1.54) is 18.4 Å². The maximum atomic E-state index is 12.3. The van der Waals surface area contributed by atoms with Crippen molar-refractivity contribution in [2.75, 3.05) is 32.1 Å². The first-order chi connectivity index (χ1) is 12.2. The molecular formula is C17H20N4O3S. The lowest BCUT2D eigenvalue weighted by atomic mass is 9.98. The van der Waals surface area contributed by atoms with Crippen molar-refractivity contribution in [2.24, 2.45) is 0 Å². The molecule has 7 nitrogen and oxygen atoms in total. The topological polar surface area (TPSA) is 84.4 Å². The van der Waals surface area contributed by atoms with Gasteiger partial charge in [-0.25, -0.2) is 0 Å². The third-order valence-corrected chi connectivity index (χ3v) is 5.22. The highest BCUT2D eigenvalue weighted by molar-refractivity contribution is 7.13. The third kappa shape index (κ3) is 4.40. The fraction of sp³-hybridized carbons (Fsp3) is 0.412. The van der Waals surface area contributed by atoms with Gasteiger partial charge in [0.15, 0.2) is 0 Å². The molecule has 0 bridgehead atoms. The SMILES string of the molecule is COCC(=O)N1CCC(c2nnc(C(=O)Nc3ccccc3)s2)CC1. The number of amides is 2. The minimum Gasteiger partial charge on any atom is -0.375 e. The van der Waals surface area contributed by atoms with E-state index >= 15 is 0 Å². The molecule has 0 saturated carbocycles. The van der Waals surface area contributed by atoms with Crippen LogP contribution >= 0.6 is 11.3 Å². The molecule has 1 fully saturated rings. The standard InChI is InChI=1S/C17H20N4O3S/c1-24-11-14(22)21-9-7-12(8-10-21)16-19-20-17(25-16)15(23)18-13-5-3-2-4-6-13/h2-6,12H,7-11H2,1H3,(H,18,23). The number of carbonyl (C=O) groups excluding carboxylic acids is 2. The molecule has 2 aromatic rings. The van der Waals surface area contributed by atoms with Crippen LogP contribution in [0.2, 0.25) is 0 Å². The van der Waals surface area contributed by atoms with Gasteiger partial charge in [-0.3, -0.25) is 9.59 Å². The summed E-state index contributed by atoms with van der Waals surface area (Å²) in [5, 5.41) is 12.2. The molecule has 0 atom stereocenters. The van der Waals surface area contributed by atoms with E-state index in [-0.39, 0.29) is 24.3 Å². The summed E-state index contributed by atoms with van der Waals surface area (Å²) in [4.78, 5) is 25.9. The number of likely N-dealkylation sites (tertiary alicyclic amines) is 1. The minimum atomic E-state index is -0.248. The normalized spacial score (nSPS) is 15.2. The van der Waals surface area contributed by atoms with Gasteiger partial charge in [0.25, 0.3) is 5.91 Å². The summed E-state index contributed by atoms with van der Waals surface area (Å²) in [7, 11) is 1.52. The number of ether oxygens (including phenoxy) is 1. The van der Waals surface area contributed by atoms with Crippen molar-refractivity contribution in [2.45, 2.75) is 18.8 Å². The molecule has 132 valence electrons. The van der Waals surface area contributed by atoms with E-state index in [0.717, 1.165) is 23.5 Å². The molecule has 1 aliphatic heterocycles. The number of hydrogen-bond donors (Lipinski definition) is 1. The first kappa shape index (κ1) is 17.5. The van der Waals surface area contributed by atoms with Gasteiger partial charge in [-0.1, -0.05) is 29.5 Å². The number of piperidine rings is 1. The third-order valence-electron chi connectivity index (χ3n) is 4.13. The number of nitrogens with zero attached hydrogens (tertiary/aromatic N) is 3. The minimum absolute atomic E-state index is 0.0149. The number of anilines is 1. The van der Waals surface area contributed by atoms with Crippen LogP contribution in [0.25, 0.3) is 0 Å². The molecule has 0 unspecified atom stereocenters. The lowest BCUT2D eigenvalue weighted by Gasteiger charge is -2.30. The average Bonchev–Trinajstić information content (AvgIpc) is 3.13. The number of benzene rings is 1. The van der Waals surface area contributed by atoms with Crippen molar-refractivity contribution in [1.82, 2.24) is 15.1 Å². The zero-order valence-electron chi connectivity index (χ0n) is 14.0. The van der Waals surface area contributed by atoms with Crippen molar-refractivity contribution in [3.63, 3.8) is 0 Å².